The minimum atomic E-state index is 0.624. The van der Waals surface area contributed by atoms with Crippen LogP contribution in [-0.4, -0.2) is 4.98 Å². The number of nitriles is 1. The lowest BCUT2D eigenvalue weighted by atomic mass is 10.1. The predicted molar refractivity (Wildman–Crippen MR) is 72.2 cm³/mol. The summed E-state index contributed by atoms with van der Waals surface area (Å²) in [6.07, 6.45) is 0. The quantitative estimate of drug-likeness (QED) is 0.891. The maximum atomic E-state index is 9.08. The van der Waals surface area contributed by atoms with Crippen molar-refractivity contribution in [2.75, 3.05) is 5.32 Å². The highest BCUT2D eigenvalue weighted by atomic mass is 14.9. The Morgan fingerprint density at radius 1 is 1.22 bits per heavy atom. The van der Waals surface area contributed by atoms with Gasteiger partial charge in [-0.25, -0.2) is 0 Å². The fraction of sp³-hybridized carbons (Fsp3) is 0.200. The van der Waals surface area contributed by atoms with Gasteiger partial charge in [-0.2, -0.15) is 5.26 Å². The van der Waals surface area contributed by atoms with Crippen LogP contribution in [0.2, 0.25) is 0 Å². The van der Waals surface area contributed by atoms with Crippen molar-refractivity contribution in [1.82, 2.24) is 4.98 Å². The molecule has 0 aliphatic carbocycles. The highest BCUT2D eigenvalue weighted by molar-refractivity contribution is 5.58. The molecule has 0 amide bonds. The summed E-state index contributed by atoms with van der Waals surface area (Å²) in [5.41, 5.74) is 4.58. The van der Waals surface area contributed by atoms with Crippen molar-refractivity contribution in [3.63, 3.8) is 0 Å². The second kappa shape index (κ2) is 5.33. The lowest BCUT2D eigenvalue weighted by molar-refractivity contribution is 1.01. The summed E-state index contributed by atoms with van der Waals surface area (Å²) < 4.78 is 0. The number of hydrogen-bond donors (Lipinski definition) is 1. The monoisotopic (exact) mass is 237 g/mol. The largest absolute Gasteiger partial charge is 0.378 e. The first-order valence-electron chi connectivity index (χ1n) is 5.86. The average Bonchev–Trinajstić information content (AvgIpc) is 2.37. The number of aryl methyl sites for hydroxylation is 2. The zero-order valence-corrected chi connectivity index (χ0v) is 10.6. The van der Waals surface area contributed by atoms with E-state index in [0.29, 0.717) is 12.1 Å². The van der Waals surface area contributed by atoms with Crippen LogP contribution in [0.25, 0.3) is 0 Å². The Balaban J connectivity index is 2.14. The summed E-state index contributed by atoms with van der Waals surface area (Å²) in [4.78, 5) is 4.42. The van der Waals surface area contributed by atoms with Crippen LogP contribution >= 0.6 is 0 Å². The molecule has 1 aromatic carbocycles. The number of aromatic nitrogens is 1. The molecule has 1 aromatic heterocycles. The molecular weight excluding hydrogens is 222 g/mol. The molecule has 0 saturated carbocycles. The first-order chi connectivity index (χ1) is 8.69. The van der Waals surface area contributed by atoms with Crippen molar-refractivity contribution in [2.45, 2.75) is 20.4 Å². The van der Waals surface area contributed by atoms with Gasteiger partial charge in [-0.15, -0.1) is 0 Å². The summed E-state index contributed by atoms with van der Waals surface area (Å²) in [6.45, 7) is 4.57. The van der Waals surface area contributed by atoms with Crippen molar-refractivity contribution < 1.29 is 0 Å². The van der Waals surface area contributed by atoms with E-state index in [0.717, 1.165) is 22.6 Å². The molecule has 0 aliphatic rings. The number of benzene rings is 1. The van der Waals surface area contributed by atoms with E-state index in [9.17, 15) is 0 Å². The molecule has 3 nitrogen and oxygen atoms in total. The Labute approximate surface area is 107 Å². The molecule has 2 aromatic rings. The summed E-state index contributed by atoms with van der Waals surface area (Å²) in [6, 6.07) is 13.9. The van der Waals surface area contributed by atoms with Gasteiger partial charge in [-0.05, 0) is 43.7 Å². The third-order valence-corrected chi connectivity index (χ3v) is 2.70. The van der Waals surface area contributed by atoms with Gasteiger partial charge >= 0.3 is 0 Å². The van der Waals surface area contributed by atoms with Crippen LogP contribution in [-0.2, 0) is 6.54 Å². The molecule has 0 fully saturated rings. The smallest absolute Gasteiger partial charge is 0.101 e. The second-order valence-corrected chi connectivity index (χ2v) is 4.28. The van der Waals surface area contributed by atoms with E-state index >= 15 is 0 Å². The Kier molecular flexibility index (Phi) is 3.59. The van der Waals surface area contributed by atoms with E-state index in [2.05, 4.69) is 16.4 Å². The van der Waals surface area contributed by atoms with Crippen LogP contribution in [0.1, 0.15) is 22.5 Å². The van der Waals surface area contributed by atoms with Gasteiger partial charge in [-0.3, -0.25) is 4.98 Å². The van der Waals surface area contributed by atoms with Gasteiger partial charge < -0.3 is 5.32 Å². The predicted octanol–water partition coefficient (Wildman–Crippen LogP) is 3.18. The van der Waals surface area contributed by atoms with Crippen molar-refractivity contribution in [3.8, 4) is 6.07 Å². The van der Waals surface area contributed by atoms with Gasteiger partial charge in [0, 0.05) is 5.69 Å². The van der Waals surface area contributed by atoms with Gasteiger partial charge in [0.2, 0.25) is 0 Å². The Morgan fingerprint density at radius 2 is 2.06 bits per heavy atom. The molecule has 3 heteroatoms. The van der Waals surface area contributed by atoms with Gasteiger partial charge in [0.05, 0.1) is 23.5 Å². The van der Waals surface area contributed by atoms with Crippen LogP contribution in [0.15, 0.2) is 36.4 Å². The standard InChI is InChI=1S/C15H15N3/c1-11-6-7-15(13(8-11)9-16)17-10-14-5-3-4-12(2)18-14/h3-8,17H,10H2,1-2H3. The zero-order chi connectivity index (χ0) is 13.0. The topological polar surface area (TPSA) is 48.7 Å². The summed E-state index contributed by atoms with van der Waals surface area (Å²) in [5, 5.41) is 12.3. The van der Waals surface area contributed by atoms with Gasteiger partial charge in [0.1, 0.15) is 6.07 Å². The third-order valence-electron chi connectivity index (χ3n) is 2.70. The minimum Gasteiger partial charge on any atom is -0.378 e. The van der Waals surface area contributed by atoms with Crippen molar-refractivity contribution in [3.05, 3.63) is 58.9 Å². The van der Waals surface area contributed by atoms with E-state index in [1.54, 1.807) is 0 Å². The molecule has 0 radical (unpaired) electrons. The third kappa shape index (κ3) is 2.86. The second-order valence-electron chi connectivity index (χ2n) is 4.28. The Bertz CT molecular complexity index is 597. The summed E-state index contributed by atoms with van der Waals surface area (Å²) in [5.74, 6) is 0. The lowest BCUT2D eigenvalue weighted by Gasteiger charge is -2.08. The van der Waals surface area contributed by atoms with Gasteiger partial charge in [0.15, 0.2) is 0 Å². The molecule has 0 saturated heterocycles. The highest BCUT2D eigenvalue weighted by Crippen LogP contribution is 2.17. The number of rotatable bonds is 3. The van der Waals surface area contributed by atoms with Crippen molar-refractivity contribution in [2.24, 2.45) is 0 Å². The molecule has 18 heavy (non-hydrogen) atoms. The number of nitrogens with one attached hydrogen (secondary N) is 1. The molecule has 0 spiro atoms. The van der Waals surface area contributed by atoms with Crippen LogP contribution in [0.5, 0.6) is 0 Å². The van der Waals surface area contributed by atoms with Crippen LogP contribution in [0.4, 0.5) is 5.69 Å². The lowest BCUT2D eigenvalue weighted by Crippen LogP contribution is -2.03. The summed E-state index contributed by atoms with van der Waals surface area (Å²) in [7, 11) is 0. The first-order valence-corrected chi connectivity index (χ1v) is 5.86. The van der Waals surface area contributed by atoms with Gasteiger partial charge in [-0.1, -0.05) is 12.1 Å². The molecule has 0 bridgehead atoms. The molecule has 1 N–H and O–H groups in total. The molecular formula is C15H15N3. The first kappa shape index (κ1) is 12.1. The van der Waals surface area contributed by atoms with E-state index in [1.165, 1.54) is 0 Å². The number of pyridine rings is 1. The van der Waals surface area contributed by atoms with E-state index in [4.69, 9.17) is 5.26 Å². The fourth-order valence-electron chi connectivity index (χ4n) is 1.79. The average molecular weight is 237 g/mol. The fourth-order valence-corrected chi connectivity index (χ4v) is 1.79. The van der Waals surface area contributed by atoms with Gasteiger partial charge in [0.25, 0.3) is 0 Å². The van der Waals surface area contributed by atoms with Crippen LogP contribution in [0, 0.1) is 25.2 Å². The number of hydrogen-bond acceptors (Lipinski definition) is 3. The zero-order valence-electron chi connectivity index (χ0n) is 10.6. The SMILES string of the molecule is Cc1ccc(NCc2cccc(C)n2)c(C#N)c1. The highest BCUT2D eigenvalue weighted by Gasteiger charge is 2.02. The normalized spacial score (nSPS) is 9.83. The van der Waals surface area contributed by atoms with Crippen molar-refractivity contribution >= 4 is 5.69 Å². The molecule has 1 heterocycles. The molecule has 90 valence electrons. The van der Waals surface area contributed by atoms with Crippen LogP contribution < -0.4 is 5.32 Å². The van der Waals surface area contributed by atoms with E-state index in [1.807, 2.05) is 50.2 Å². The molecule has 0 unspecified atom stereocenters. The number of nitrogens with zero attached hydrogens (tertiary/aromatic N) is 2. The Hall–Kier alpha value is -2.34. The summed E-state index contributed by atoms with van der Waals surface area (Å²) >= 11 is 0. The van der Waals surface area contributed by atoms with Crippen LogP contribution in [0.3, 0.4) is 0 Å². The molecule has 2 rings (SSSR count). The van der Waals surface area contributed by atoms with E-state index < -0.39 is 0 Å². The maximum absolute atomic E-state index is 9.08. The minimum absolute atomic E-state index is 0.624. The molecule has 0 atom stereocenters. The maximum Gasteiger partial charge on any atom is 0.101 e. The molecule has 0 aliphatic heterocycles. The Morgan fingerprint density at radius 3 is 2.78 bits per heavy atom. The van der Waals surface area contributed by atoms with E-state index in [-0.39, 0.29) is 0 Å². The van der Waals surface area contributed by atoms with Crippen molar-refractivity contribution in [1.29, 1.82) is 5.26 Å². The number of anilines is 1.